The molecule has 0 aliphatic heterocycles. The maximum Gasteiger partial charge on any atom is 0.359 e. The summed E-state index contributed by atoms with van der Waals surface area (Å²) in [6, 6.07) is 16.1. The van der Waals surface area contributed by atoms with Gasteiger partial charge in [-0.25, -0.2) is 0 Å². The van der Waals surface area contributed by atoms with Crippen molar-refractivity contribution in [2.24, 2.45) is 0 Å². The van der Waals surface area contributed by atoms with Crippen LogP contribution in [0.5, 0.6) is 17.8 Å². The van der Waals surface area contributed by atoms with E-state index in [-0.39, 0.29) is 31.0 Å². The molecule has 29 heavy (non-hydrogen) atoms. The van der Waals surface area contributed by atoms with Crippen LogP contribution in [0.25, 0.3) is 0 Å². The topological polar surface area (TPSA) is 86.5 Å². The standard InChI is InChI=1S/C20H15BrClN3O4/c1-26-17-9-18(27-11-14-5-2-4-13(8-14)10-23)25-20(24-17)29-28-12-15-6-3-7-16(21)19(15)22/h2-9H,11-12H2,1H3. The summed E-state index contributed by atoms with van der Waals surface area (Å²) in [6.45, 7) is 0.305. The molecule has 0 N–H and O–H groups in total. The predicted molar refractivity (Wildman–Crippen MR) is 109 cm³/mol. The van der Waals surface area contributed by atoms with E-state index in [0.717, 1.165) is 15.6 Å². The van der Waals surface area contributed by atoms with E-state index >= 15 is 0 Å². The first-order valence-corrected chi connectivity index (χ1v) is 9.53. The number of nitriles is 1. The SMILES string of the molecule is COc1cc(OCc2cccc(C#N)c2)nc(OOCc2cccc(Br)c2Cl)n1. The van der Waals surface area contributed by atoms with Gasteiger partial charge >= 0.3 is 6.01 Å². The van der Waals surface area contributed by atoms with E-state index in [4.69, 9.17) is 36.1 Å². The Labute approximate surface area is 180 Å². The van der Waals surface area contributed by atoms with Crippen LogP contribution >= 0.6 is 27.5 Å². The summed E-state index contributed by atoms with van der Waals surface area (Å²) >= 11 is 9.55. The number of ether oxygens (including phenoxy) is 2. The van der Waals surface area contributed by atoms with E-state index in [1.165, 1.54) is 13.2 Å². The maximum atomic E-state index is 8.98. The molecule has 0 aliphatic carbocycles. The molecule has 1 aromatic heterocycles. The van der Waals surface area contributed by atoms with Crippen molar-refractivity contribution >= 4 is 27.5 Å². The van der Waals surface area contributed by atoms with Crippen LogP contribution in [-0.4, -0.2) is 17.1 Å². The second kappa shape index (κ2) is 10.1. The number of benzene rings is 2. The van der Waals surface area contributed by atoms with E-state index in [9.17, 15) is 0 Å². The van der Waals surface area contributed by atoms with E-state index < -0.39 is 0 Å². The molecule has 9 heteroatoms. The second-order valence-electron chi connectivity index (χ2n) is 5.69. The zero-order chi connectivity index (χ0) is 20.6. The lowest BCUT2D eigenvalue weighted by Crippen LogP contribution is -2.05. The number of aromatic nitrogens is 2. The summed E-state index contributed by atoms with van der Waals surface area (Å²) in [4.78, 5) is 18.6. The molecule has 0 radical (unpaired) electrons. The maximum absolute atomic E-state index is 8.98. The van der Waals surface area contributed by atoms with Crippen molar-refractivity contribution in [1.29, 1.82) is 5.26 Å². The van der Waals surface area contributed by atoms with E-state index in [1.807, 2.05) is 24.3 Å². The van der Waals surface area contributed by atoms with Gasteiger partial charge in [0.2, 0.25) is 11.8 Å². The van der Waals surface area contributed by atoms with Crippen molar-refractivity contribution < 1.29 is 19.2 Å². The van der Waals surface area contributed by atoms with Gasteiger partial charge in [0.25, 0.3) is 0 Å². The van der Waals surface area contributed by atoms with Crippen LogP contribution < -0.4 is 14.4 Å². The molecule has 0 aliphatic rings. The van der Waals surface area contributed by atoms with Gasteiger partial charge in [0.15, 0.2) is 0 Å². The smallest absolute Gasteiger partial charge is 0.359 e. The Morgan fingerprint density at radius 3 is 2.66 bits per heavy atom. The van der Waals surface area contributed by atoms with Crippen molar-refractivity contribution in [1.82, 2.24) is 9.97 Å². The van der Waals surface area contributed by atoms with Crippen molar-refractivity contribution in [2.75, 3.05) is 7.11 Å². The summed E-state index contributed by atoms with van der Waals surface area (Å²) in [5.74, 6) is 0.484. The normalized spacial score (nSPS) is 10.3. The van der Waals surface area contributed by atoms with Crippen LogP contribution in [0, 0.1) is 11.3 Å². The summed E-state index contributed by atoms with van der Waals surface area (Å²) in [7, 11) is 1.47. The fourth-order valence-corrected chi connectivity index (χ4v) is 2.88. The largest absolute Gasteiger partial charge is 0.481 e. The molecule has 7 nitrogen and oxygen atoms in total. The minimum Gasteiger partial charge on any atom is -0.481 e. The Balaban J connectivity index is 1.65. The molecule has 0 saturated heterocycles. The van der Waals surface area contributed by atoms with Crippen molar-refractivity contribution in [2.45, 2.75) is 13.2 Å². The number of hydrogen-bond donors (Lipinski definition) is 0. The van der Waals surface area contributed by atoms with Gasteiger partial charge in [-0.1, -0.05) is 35.9 Å². The lowest BCUT2D eigenvalue weighted by atomic mass is 10.1. The number of methoxy groups -OCH3 is 1. The summed E-state index contributed by atoms with van der Waals surface area (Å²) < 4.78 is 11.6. The Kier molecular flexibility index (Phi) is 7.25. The molecule has 0 unspecified atom stereocenters. The molecule has 3 aromatic rings. The average molecular weight is 477 g/mol. The van der Waals surface area contributed by atoms with E-state index in [1.54, 1.807) is 18.2 Å². The first-order chi connectivity index (χ1) is 14.1. The zero-order valence-electron chi connectivity index (χ0n) is 15.3. The third kappa shape index (κ3) is 5.81. The molecule has 0 atom stereocenters. The fourth-order valence-electron chi connectivity index (χ4n) is 2.29. The zero-order valence-corrected chi connectivity index (χ0v) is 17.6. The molecule has 0 fully saturated rings. The number of halogens is 2. The minimum absolute atomic E-state index is 0.0729. The first-order valence-electron chi connectivity index (χ1n) is 8.36. The highest BCUT2D eigenvalue weighted by Crippen LogP contribution is 2.27. The molecule has 148 valence electrons. The number of nitrogens with zero attached hydrogens (tertiary/aromatic N) is 3. The molecule has 0 bridgehead atoms. The third-order valence-electron chi connectivity index (χ3n) is 3.69. The van der Waals surface area contributed by atoms with Crippen LogP contribution in [0.1, 0.15) is 16.7 Å². The van der Waals surface area contributed by atoms with E-state index in [2.05, 4.69) is 32.0 Å². The van der Waals surface area contributed by atoms with Gasteiger partial charge in [0, 0.05) is 10.0 Å². The fraction of sp³-hybridized carbons (Fsp3) is 0.150. The molecular weight excluding hydrogens is 462 g/mol. The molecule has 0 spiro atoms. The van der Waals surface area contributed by atoms with E-state index in [0.29, 0.717) is 10.6 Å². The monoisotopic (exact) mass is 475 g/mol. The predicted octanol–water partition coefficient (Wildman–Crippen LogP) is 4.86. The quantitative estimate of drug-likeness (QED) is 0.339. The Morgan fingerprint density at radius 1 is 1.07 bits per heavy atom. The van der Waals surface area contributed by atoms with Gasteiger partial charge in [-0.15, -0.1) is 0 Å². The summed E-state index contributed by atoms with van der Waals surface area (Å²) in [5.41, 5.74) is 2.11. The Hall–Kier alpha value is -2.86. The van der Waals surface area contributed by atoms with Gasteiger partial charge in [-0.2, -0.15) is 20.1 Å². The van der Waals surface area contributed by atoms with Gasteiger partial charge < -0.3 is 9.47 Å². The highest BCUT2D eigenvalue weighted by Gasteiger charge is 2.10. The summed E-state index contributed by atoms with van der Waals surface area (Å²) in [5, 5.41) is 9.51. The molecular formula is C20H15BrClN3O4. The van der Waals surface area contributed by atoms with Crippen LogP contribution in [0.15, 0.2) is 53.0 Å². The lowest BCUT2D eigenvalue weighted by Gasteiger charge is -2.10. The van der Waals surface area contributed by atoms with Gasteiger partial charge in [-0.3, -0.25) is 4.89 Å². The lowest BCUT2D eigenvalue weighted by molar-refractivity contribution is -0.224. The van der Waals surface area contributed by atoms with Crippen LogP contribution in [-0.2, 0) is 18.1 Å². The Bertz CT molecular complexity index is 1040. The number of rotatable bonds is 8. The molecule has 0 amide bonds. The minimum atomic E-state index is -0.0729. The molecule has 0 saturated carbocycles. The van der Waals surface area contributed by atoms with Gasteiger partial charge in [-0.05, 0) is 39.7 Å². The van der Waals surface area contributed by atoms with Crippen molar-refractivity contribution in [3.8, 4) is 23.8 Å². The number of hydrogen-bond acceptors (Lipinski definition) is 7. The van der Waals surface area contributed by atoms with Crippen LogP contribution in [0.3, 0.4) is 0 Å². The molecule has 1 heterocycles. The van der Waals surface area contributed by atoms with Gasteiger partial charge in [0.05, 0.1) is 29.8 Å². The molecule has 2 aromatic carbocycles. The van der Waals surface area contributed by atoms with Crippen molar-refractivity contribution in [3.63, 3.8) is 0 Å². The highest BCUT2D eigenvalue weighted by molar-refractivity contribution is 9.10. The summed E-state index contributed by atoms with van der Waals surface area (Å²) in [6.07, 6.45) is 0. The highest BCUT2D eigenvalue weighted by atomic mass is 79.9. The van der Waals surface area contributed by atoms with Crippen molar-refractivity contribution in [3.05, 3.63) is 74.7 Å². The third-order valence-corrected chi connectivity index (χ3v) is 5.03. The Morgan fingerprint density at radius 2 is 1.86 bits per heavy atom. The second-order valence-corrected chi connectivity index (χ2v) is 6.92. The van der Waals surface area contributed by atoms with Gasteiger partial charge in [0.1, 0.15) is 13.2 Å². The van der Waals surface area contributed by atoms with Crippen LogP contribution in [0.2, 0.25) is 5.02 Å². The van der Waals surface area contributed by atoms with Crippen LogP contribution in [0.4, 0.5) is 0 Å². The first kappa shape index (κ1) is 20.9. The average Bonchev–Trinajstić information content (AvgIpc) is 2.75. The molecule has 3 rings (SSSR count).